The average molecular weight is 461 g/mol. The molecule has 0 atom stereocenters. The molecule has 172 valence electrons. The summed E-state index contributed by atoms with van der Waals surface area (Å²) in [6.45, 7) is 2.77. The molecule has 2 N–H and O–H groups in total. The number of sulfonamides is 1. The molecule has 0 saturated heterocycles. The van der Waals surface area contributed by atoms with E-state index in [0.29, 0.717) is 0 Å². The number of fused-ring (bicyclic) bond motifs is 3. The molecule has 3 rings (SSSR count). The number of aliphatic carboxylic acids is 1. The van der Waals surface area contributed by atoms with Crippen LogP contribution in [0.25, 0.3) is 11.1 Å². The fourth-order valence-electron chi connectivity index (χ4n) is 3.93. The van der Waals surface area contributed by atoms with Crippen LogP contribution in [-0.2, 0) is 19.6 Å². The molecule has 8 nitrogen and oxygen atoms in total. The zero-order chi connectivity index (χ0) is 23.3. The first-order valence-electron chi connectivity index (χ1n) is 10.5. The number of hydrogen-bond donors (Lipinski definition) is 2. The Labute approximate surface area is 188 Å². The second-order valence-electron chi connectivity index (χ2n) is 8.15. The maximum atomic E-state index is 12.4. The van der Waals surface area contributed by atoms with Gasteiger partial charge in [0.2, 0.25) is 10.0 Å². The number of amides is 1. The molecule has 0 saturated carbocycles. The second kappa shape index (κ2) is 10.1. The Balaban J connectivity index is 1.57. The third-order valence-corrected chi connectivity index (χ3v) is 7.41. The Bertz CT molecular complexity index is 1040. The molecule has 1 aliphatic rings. The number of carbonyl (C=O) groups excluding carboxylic acids is 1. The first kappa shape index (κ1) is 23.7. The van der Waals surface area contributed by atoms with Crippen LogP contribution in [0.3, 0.4) is 0 Å². The molecule has 0 aliphatic heterocycles. The lowest BCUT2D eigenvalue weighted by Crippen LogP contribution is -2.43. The molecule has 9 heteroatoms. The zero-order valence-electron chi connectivity index (χ0n) is 18.2. The Hall–Kier alpha value is -2.91. The number of carboxylic acid groups (broad SMARTS) is 1. The van der Waals surface area contributed by atoms with Crippen molar-refractivity contribution in [2.45, 2.75) is 19.8 Å². The number of nitrogens with zero attached hydrogens (tertiary/aromatic N) is 1. The summed E-state index contributed by atoms with van der Waals surface area (Å²) in [5.41, 5.74) is 4.43. The summed E-state index contributed by atoms with van der Waals surface area (Å²) < 4.78 is 31.1. The smallest absolute Gasteiger partial charge is 0.407 e. The summed E-state index contributed by atoms with van der Waals surface area (Å²) in [6, 6.07) is 16.0. The van der Waals surface area contributed by atoms with E-state index in [-0.39, 0.29) is 37.3 Å². The average Bonchev–Trinajstić information content (AvgIpc) is 3.04. The summed E-state index contributed by atoms with van der Waals surface area (Å²) in [5, 5.41) is 11.6. The van der Waals surface area contributed by atoms with E-state index in [1.165, 1.54) is 0 Å². The predicted molar refractivity (Wildman–Crippen MR) is 121 cm³/mol. The van der Waals surface area contributed by atoms with Crippen molar-refractivity contribution in [1.29, 1.82) is 0 Å². The van der Waals surface area contributed by atoms with Gasteiger partial charge in [0.1, 0.15) is 13.2 Å². The highest BCUT2D eigenvalue weighted by Crippen LogP contribution is 2.44. The third-order valence-electron chi connectivity index (χ3n) is 5.22. The molecule has 0 aromatic heterocycles. The molecule has 1 amide bonds. The summed E-state index contributed by atoms with van der Waals surface area (Å²) in [5.74, 6) is -1.64. The summed E-state index contributed by atoms with van der Waals surface area (Å²) in [4.78, 5) is 23.3. The number of nitrogens with one attached hydrogen (secondary N) is 1. The minimum atomic E-state index is -3.75. The van der Waals surface area contributed by atoms with Gasteiger partial charge in [-0.3, -0.25) is 4.79 Å². The highest BCUT2D eigenvalue weighted by Gasteiger charge is 2.29. The Kier molecular flexibility index (Phi) is 7.52. The number of benzene rings is 2. The fraction of sp³-hybridized carbons (Fsp3) is 0.391. The number of hydrogen-bond acceptors (Lipinski definition) is 5. The van der Waals surface area contributed by atoms with Gasteiger partial charge in [0, 0.05) is 19.0 Å². The maximum Gasteiger partial charge on any atom is 0.407 e. The van der Waals surface area contributed by atoms with E-state index in [1.54, 1.807) is 13.8 Å². The number of alkyl carbamates (subject to hydrolysis) is 1. The molecule has 0 unspecified atom stereocenters. The normalized spacial score (nSPS) is 13.1. The van der Waals surface area contributed by atoms with Crippen molar-refractivity contribution in [3.05, 3.63) is 59.7 Å². The van der Waals surface area contributed by atoms with Gasteiger partial charge in [0.05, 0.1) is 5.75 Å². The minimum absolute atomic E-state index is 0.0543. The van der Waals surface area contributed by atoms with Crippen LogP contribution in [0.5, 0.6) is 0 Å². The lowest BCUT2D eigenvalue weighted by Gasteiger charge is -2.21. The van der Waals surface area contributed by atoms with Crippen molar-refractivity contribution in [2.24, 2.45) is 5.92 Å². The van der Waals surface area contributed by atoms with Crippen LogP contribution >= 0.6 is 0 Å². The van der Waals surface area contributed by atoms with Gasteiger partial charge in [0.25, 0.3) is 0 Å². The van der Waals surface area contributed by atoms with E-state index in [9.17, 15) is 18.0 Å². The first-order valence-corrected chi connectivity index (χ1v) is 12.1. The third kappa shape index (κ3) is 5.66. The quantitative estimate of drug-likeness (QED) is 0.564. The topological polar surface area (TPSA) is 113 Å². The zero-order valence-corrected chi connectivity index (χ0v) is 19.0. The molecule has 0 radical (unpaired) electrons. The van der Waals surface area contributed by atoms with Crippen LogP contribution in [0, 0.1) is 5.92 Å². The number of carbonyl (C=O) groups is 2. The summed E-state index contributed by atoms with van der Waals surface area (Å²) >= 11 is 0. The lowest BCUT2D eigenvalue weighted by atomic mass is 9.98. The molecule has 0 spiro atoms. The van der Waals surface area contributed by atoms with Crippen LogP contribution in [0.1, 0.15) is 30.9 Å². The van der Waals surface area contributed by atoms with Crippen LogP contribution in [0.4, 0.5) is 4.79 Å². The maximum absolute atomic E-state index is 12.4. The van der Waals surface area contributed by atoms with Crippen molar-refractivity contribution >= 4 is 22.1 Å². The summed E-state index contributed by atoms with van der Waals surface area (Å²) in [6.07, 6.45) is -0.677. The largest absolute Gasteiger partial charge is 0.480 e. The lowest BCUT2D eigenvalue weighted by molar-refractivity contribution is -0.137. The second-order valence-corrected chi connectivity index (χ2v) is 10.2. The van der Waals surface area contributed by atoms with Crippen molar-refractivity contribution in [3.8, 4) is 11.1 Å². The van der Waals surface area contributed by atoms with E-state index < -0.39 is 28.6 Å². The highest BCUT2D eigenvalue weighted by atomic mass is 32.2. The number of rotatable bonds is 10. The molecule has 1 aliphatic carbocycles. The van der Waals surface area contributed by atoms with Crippen molar-refractivity contribution in [1.82, 2.24) is 9.62 Å². The molecule has 0 bridgehead atoms. The Morgan fingerprint density at radius 2 is 1.62 bits per heavy atom. The van der Waals surface area contributed by atoms with E-state index in [4.69, 9.17) is 9.84 Å². The predicted octanol–water partition coefficient (Wildman–Crippen LogP) is 2.90. The SMILES string of the molecule is CC(C)CS(=O)(=O)N(CCNC(=O)OCC1c2ccccc2-c2ccccc21)CC(=O)O. The van der Waals surface area contributed by atoms with Crippen LogP contribution in [0.2, 0.25) is 0 Å². The van der Waals surface area contributed by atoms with Crippen molar-refractivity contribution in [2.75, 3.05) is 32.0 Å². The van der Waals surface area contributed by atoms with Crippen molar-refractivity contribution < 1.29 is 27.9 Å². The molecule has 0 heterocycles. The van der Waals surface area contributed by atoms with E-state index in [1.807, 2.05) is 48.5 Å². The van der Waals surface area contributed by atoms with E-state index in [2.05, 4.69) is 5.32 Å². The number of carboxylic acids is 1. The van der Waals surface area contributed by atoms with E-state index >= 15 is 0 Å². The molecule has 0 fully saturated rings. The Morgan fingerprint density at radius 3 is 2.16 bits per heavy atom. The van der Waals surface area contributed by atoms with E-state index in [0.717, 1.165) is 26.6 Å². The first-order chi connectivity index (χ1) is 15.2. The van der Waals surface area contributed by atoms with Gasteiger partial charge >= 0.3 is 12.1 Å². The molecule has 32 heavy (non-hydrogen) atoms. The van der Waals surface area contributed by atoms with Gasteiger partial charge in [-0.05, 0) is 28.2 Å². The van der Waals surface area contributed by atoms with Gasteiger partial charge in [-0.25, -0.2) is 13.2 Å². The van der Waals surface area contributed by atoms with Crippen molar-refractivity contribution in [3.63, 3.8) is 0 Å². The summed E-state index contributed by atoms with van der Waals surface area (Å²) in [7, 11) is -3.75. The van der Waals surface area contributed by atoms with Gasteiger partial charge in [-0.15, -0.1) is 0 Å². The van der Waals surface area contributed by atoms with Gasteiger partial charge in [-0.1, -0.05) is 62.4 Å². The van der Waals surface area contributed by atoms with Gasteiger partial charge < -0.3 is 15.2 Å². The molecular weight excluding hydrogens is 432 g/mol. The number of ether oxygens (including phenoxy) is 1. The van der Waals surface area contributed by atoms with Gasteiger partial charge in [0.15, 0.2) is 0 Å². The van der Waals surface area contributed by atoms with Crippen LogP contribution in [-0.4, -0.2) is 61.9 Å². The van der Waals surface area contributed by atoms with Gasteiger partial charge in [-0.2, -0.15) is 4.31 Å². The molecule has 2 aromatic carbocycles. The minimum Gasteiger partial charge on any atom is -0.480 e. The molecule has 2 aromatic rings. The standard InChI is InChI=1S/C23H28N2O6S/c1-16(2)15-32(29,30)25(13-22(26)27)12-11-24-23(28)31-14-21-19-9-5-3-7-17(19)18-8-4-6-10-20(18)21/h3-10,16,21H,11-15H2,1-2H3,(H,24,28)(H,26,27). The highest BCUT2D eigenvalue weighted by molar-refractivity contribution is 7.89. The monoisotopic (exact) mass is 460 g/mol. The van der Waals surface area contributed by atoms with Crippen LogP contribution < -0.4 is 5.32 Å². The fourth-order valence-corrected chi connectivity index (χ4v) is 5.66. The molecular formula is C23H28N2O6S. The Morgan fingerprint density at radius 1 is 1.06 bits per heavy atom. The van der Waals surface area contributed by atoms with Crippen LogP contribution in [0.15, 0.2) is 48.5 Å².